The molecule has 0 amide bonds. The maximum absolute atomic E-state index is 4.47. The van der Waals surface area contributed by atoms with Gasteiger partial charge in [-0.15, -0.1) is 0 Å². The maximum atomic E-state index is 4.47. The van der Waals surface area contributed by atoms with Crippen molar-refractivity contribution in [1.29, 1.82) is 0 Å². The van der Waals surface area contributed by atoms with Gasteiger partial charge >= 0.3 is 0 Å². The first-order valence-corrected chi connectivity index (χ1v) is 7.10. The average molecular weight is 250 g/mol. The van der Waals surface area contributed by atoms with E-state index in [2.05, 4.69) is 41.3 Å². The van der Waals surface area contributed by atoms with E-state index in [1.165, 1.54) is 31.3 Å². The summed E-state index contributed by atoms with van der Waals surface area (Å²) < 4.78 is 0. The summed E-state index contributed by atoms with van der Waals surface area (Å²) in [6.07, 6.45) is 7.78. The minimum atomic E-state index is 0.268. The third-order valence-corrected chi connectivity index (χ3v) is 3.90. The zero-order valence-corrected chi connectivity index (χ0v) is 11.8. The van der Waals surface area contributed by atoms with Gasteiger partial charge in [-0.05, 0) is 51.5 Å². The maximum Gasteiger partial charge on any atom is 0.109 e. The van der Waals surface area contributed by atoms with Crippen molar-refractivity contribution in [3.8, 4) is 0 Å². The quantitative estimate of drug-likeness (QED) is 0.531. The lowest BCUT2D eigenvalue weighted by molar-refractivity contribution is 0.0996. The summed E-state index contributed by atoms with van der Waals surface area (Å²) in [6, 6.07) is 0. The van der Waals surface area contributed by atoms with Crippen LogP contribution in [0.25, 0.3) is 0 Å². The second-order valence-corrected chi connectivity index (χ2v) is 5.82. The number of rotatable bonds is 3. The molecule has 1 saturated carbocycles. The van der Waals surface area contributed by atoms with E-state index in [4.69, 9.17) is 0 Å². The molecule has 0 radical (unpaired) electrons. The molecule has 2 fully saturated rings. The van der Waals surface area contributed by atoms with Crippen molar-refractivity contribution in [2.45, 2.75) is 52.6 Å². The molecule has 4 nitrogen and oxygen atoms in total. The SMILES string of the molecule is CC(C)=C/C(C)=N\NC1NNCC2CCCCC21. The molecule has 2 aliphatic rings. The summed E-state index contributed by atoms with van der Waals surface area (Å²) in [6.45, 7) is 7.32. The number of hydrogen-bond acceptors (Lipinski definition) is 4. The van der Waals surface area contributed by atoms with E-state index in [-0.39, 0.29) is 6.17 Å². The Balaban J connectivity index is 1.93. The molecule has 1 aliphatic carbocycles. The van der Waals surface area contributed by atoms with Crippen molar-refractivity contribution < 1.29 is 0 Å². The molecular weight excluding hydrogens is 224 g/mol. The zero-order chi connectivity index (χ0) is 13.0. The van der Waals surface area contributed by atoms with Crippen LogP contribution in [-0.2, 0) is 0 Å². The van der Waals surface area contributed by atoms with Gasteiger partial charge in [0.05, 0.1) is 5.71 Å². The first-order valence-electron chi connectivity index (χ1n) is 7.10. The third kappa shape index (κ3) is 3.56. The molecule has 0 bridgehead atoms. The number of allylic oxidation sites excluding steroid dienone is 2. The molecule has 3 atom stereocenters. The lowest BCUT2D eigenvalue weighted by atomic mass is 9.77. The second-order valence-electron chi connectivity index (χ2n) is 5.82. The van der Waals surface area contributed by atoms with Gasteiger partial charge in [0.2, 0.25) is 0 Å². The molecular formula is C14H26N4. The van der Waals surface area contributed by atoms with E-state index >= 15 is 0 Å². The largest absolute Gasteiger partial charge is 0.291 e. The lowest BCUT2D eigenvalue weighted by Crippen LogP contribution is -2.61. The molecule has 4 heteroatoms. The molecule has 0 spiro atoms. The highest BCUT2D eigenvalue weighted by atomic mass is 15.5. The van der Waals surface area contributed by atoms with Crippen LogP contribution in [0.2, 0.25) is 0 Å². The van der Waals surface area contributed by atoms with Crippen LogP contribution in [0.1, 0.15) is 46.5 Å². The molecule has 1 aliphatic heterocycles. The van der Waals surface area contributed by atoms with Gasteiger partial charge in [0.1, 0.15) is 6.17 Å². The van der Waals surface area contributed by atoms with Gasteiger partial charge in [-0.2, -0.15) is 5.10 Å². The smallest absolute Gasteiger partial charge is 0.109 e. The Morgan fingerprint density at radius 1 is 1.22 bits per heavy atom. The van der Waals surface area contributed by atoms with Crippen LogP contribution in [0.5, 0.6) is 0 Å². The topological polar surface area (TPSA) is 48.5 Å². The van der Waals surface area contributed by atoms with Crippen LogP contribution >= 0.6 is 0 Å². The summed E-state index contributed by atoms with van der Waals surface area (Å²) in [5, 5.41) is 4.47. The first kappa shape index (κ1) is 13.6. The summed E-state index contributed by atoms with van der Waals surface area (Å²) in [5.74, 6) is 1.51. The molecule has 0 aromatic heterocycles. The zero-order valence-electron chi connectivity index (χ0n) is 11.8. The summed E-state index contributed by atoms with van der Waals surface area (Å²) in [5.41, 5.74) is 12.3. The number of hydrogen-bond donors (Lipinski definition) is 3. The van der Waals surface area contributed by atoms with Gasteiger partial charge in [-0.3, -0.25) is 10.9 Å². The number of fused-ring (bicyclic) bond motifs is 1. The molecule has 3 unspecified atom stereocenters. The molecule has 3 N–H and O–H groups in total. The van der Waals surface area contributed by atoms with Gasteiger partial charge < -0.3 is 0 Å². The number of hydrazone groups is 1. The molecule has 0 aromatic rings. The summed E-state index contributed by atoms with van der Waals surface area (Å²) >= 11 is 0. The van der Waals surface area contributed by atoms with Crippen LogP contribution in [0.4, 0.5) is 0 Å². The van der Waals surface area contributed by atoms with Crippen LogP contribution < -0.4 is 16.3 Å². The lowest BCUT2D eigenvalue weighted by Gasteiger charge is -2.41. The summed E-state index contributed by atoms with van der Waals surface area (Å²) in [7, 11) is 0. The normalized spacial score (nSPS) is 32.6. The second kappa shape index (κ2) is 6.34. The molecule has 18 heavy (non-hydrogen) atoms. The van der Waals surface area contributed by atoms with E-state index in [1.54, 1.807) is 0 Å². The average Bonchev–Trinajstić information content (AvgIpc) is 2.35. The van der Waals surface area contributed by atoms with Crippen molar-refractivity contribution in [1.82, 2.24) is 16.3 Å². The van der Waals surface area contributed by atoms with E-state index in [9.17, 15) is 0 Å². The summed E-state index contributed by atoms with van der Waals surface area (Å²) in [4.78, 5) is 0. The van der Waals surface area contributed by atoms with Gasteiger partial charge in [-0.25, -0.2) is 5.43 Å². The van der Waals surface area contributed by atoms with Gasteiger partial charge in [0, 0.05) is 6.54 Å². The fourth-order valence-corrected chi connectivity index (χ4v) is 3.09. The minimum Gasteiger partial charge on any atom is -0.291 e. The highest BCUT2D eigenvalue weighted by Gasteiger charge is 2.34. The van der Waals surface area contributed by atoms with E-state index in [1.807, 2.05) is 6.92 Å². The van der Waals surface area contributed by atoms with Crippen molar-refractivity contribution in [2.24, 2.45) is 16.9 Å². The molecule has 2 rings (SSSR count). The number of hydrazine groups is 1. The first-order chi connectivity index (χ1) is 8.66. The molecule has 1 heterocycles. The highest BCUT2D eigenvalue weighted by molar-refractivity contribution is 5.93. The van der Waals surface area contributed by atoms with Gasteiger partial charge in [-0.1, -0.05) is 18.4 Å². The standard InChI is InChI=1S/C14H26N4/c1-10(2)8-11(3)16-18-14-13-7-5-4-6-12(13)9-15-17-14/h8,12-15,17-18H,4-7,9H2,1-3H3/b16-11-. The Morgan fingerprint density at radius 3 is 2.78 bits per heavy atom. The highest BCUT2D eigenvalue weighted by Crippen LogP contribution is 2.32. The Morgan fingerprint density at radius 2 is 2.00 bits per heavy atom. The molecule has 1 saturated heterocycles. The van der Waals surface area contributed by atoms with Crippen molar-refractivity contribution in [3.05, 3.63) is 11.6 Å². The Hall–Kier alpha value is -0.870. The Labute approximate surface area is 110 Å². The van der Waals surface area contributed by atoms with E-state index < -0.39 is 0 Å². The van der Waals surface area contributed by atoms with Gasteiger partial charge in [0.15, 0.2) is 0 Å². The number of nitrogens with zero attached hydrogens (tertiary/aromatic N) is 1. The fourth-order valence-electron chi connectivity index (χ4n) is 3.09. The predicted octanol–water partition coefficient (Wildman–Crippen LogP) is 2.16. The molecule has 102 valence electrons. The Kier molecular flexibility index (Phi) is 4.78. The van der Waals surface area contributed by atoms with E-state index in [0.29, 0.717) is 5.92 Å². The predicted molar refractivity (Wildman–Crippen MR) is 76.1 cm³/mol. The number of nitrogens with one attached hydrogen (secondary N) is 3. The van der Waals surface area contributed by atoms with Crippen LogP contribution in [-0.4, -0.2) is 18.4 Å². The van der Waals surface area contributed by atoms with Crippen molar-refractivity contribution >= 4 is 5.71 Å². The molecule has 0 aromatic carbocycles. The van der Waals surface area contributed by atoms with Gasteiger partial charge in [0.25, 0.3) is 0 Å². The third-order valence-electron chi connectivity index (χ3n) is 3.90. The van der Waals surface area contributed by atoms with Crippen LogP contribution in [0, 0.1) is 11.8 Å². The van der Waals surface area contributed by atoms with E-state index in [0.717, 1.165) is 18.2 Å². The van der Waals surface area contributed by atoms with Crippen LogP contribution in [0.15, 0.2) is 16.8 Å². The minimum absolute atomic E-state index is 0.268. The van der Waals surface area contributed by atoms with Crippen molar-refractivity contribution in [3.63, 3.8) is 0 Å². The van der Waals surface area contributed by atoms with Crippen LogP contribution in [0.3, 0.4) is 0 Å². The van der Waals surface area contributed by atoms with Crippen molar-refractivity contribution in [2.75, 3.05) is 6.54 Å². The monoisotopic (exact) mass is 250 g/mol. The Bertz CT molecular complexity index is 329. The fraction of sp³-hybridized carbons (Fsp3) is 0.786.